The van der Waals surface area contributed by atoms with E-state index in [0.717, 1.165) is 17.0 Å². The van der Waals surface area contributed by atoms with Crippen molar-refractivity contribution in [2.75, 3.05) is 0 Å². The van der Waals surface area contributed by atoms with E-state index < -0.39 is 0 Å². The monoisotopic (exact) mass is 157 g/mol. The third kappa shape index (κ3) is 1.04. The summed E-state index contributed by atoms with van der Waals surface area (Å²) >= 11 is 0. The first-order valence-corrected chi connectivity index (χ1v) is 3.66. The van der Waals surface area contributed by atoms with E-state index in [9.17, 15) is 0 Å². The molecular weight excluding hydrogens is 150 g/mol. The van der Waals surface area contributed by atoms with Gasteiger partial charge in [0.25, 0.3) is 0 Å². The van der Waals surface area contributed by atoms with Gasteiger partial charge in [-0.15, -0.1) is 0 Å². The van der Waals surface area contributed by atoms with Crippen LogP contribution in [0.4, 0.5) is 0 Å². The maximum absolute atomic E-state index is 8.73. The van der Waals surface area contributed by atoms with Crippen LogP contribution in [0.25, 0.3) is 0 Å². The van der Waals surface area contributed by atoms with Gasteiger partial charge in [-0.3, -0.25) is 5.43 Å². The van der Waals surface area contributed by atoms with E-state index in [1.807, 2.05) is 25.1 Å². The summed E-state index contributed by atoms with van der Waals surface area (Å²) in [6, 6.07) is 7.86. The van der Waals surface area contributed by atoms with Crippen molar-refractivity contribution in [2.24, 2.45) is 5.10 Å². The number of hydrogen-bond acceptors (Lipinski definition) is 3. The van der Waals surface area contributed by atoms with Crippen molar-refractivity contribution in [1.29, 1.82) is 5.26 Å². The molecule has 58 valence electrons. The molecule has 12 heavy (non-hydrogen) atoms. The normalized spacial score (nSPS) is 12.8. The van der Waals surface area contributed by atoms with E-state index in [-0.39, 0.29) is 0 Å². The Morgan fingerprint density at radius 1 is 1.50 bits per heavy atom. The molecular formula is C9H7N3. The molecule has 3 nitrogen and oxygen atoms in total. The maximum Gasteiger partial charge on any atom is 0.173 e. The minimum Gasteiger partial charge on any atom is -0.257 e. The Morgan fingerprint density at radius 3 is 2.83 bits per heavy atom. The number of rotatable bonds is 1. The van der Waals surface area contributed by atoms with E-state index in [0.29, 0.717) is 5.56 Å². The lowest BCUT2D eigenvalue weighted by Crippen LogP contribution is -1.96. The third-order valence-electron chi connectivity index (χ3n) is 1.86. The molecule has 1 aromatic rings. The van der Waals surface area contributed by atoms with Crippen LogP contribution in [0.3, 0.4) is 0 Å². The summed E-state index contributed by atoms with van der Waals surface area (Å²) in [6.45, 7) is 1.92. The molecule has 1 aliphatic heterocycles. The number of amidine groups is 1. The average Bonchev–Trinajstić information content (AvgIpc) is 2.88. The summed E-state index contributed by atoms with van der Waals surface area (Å²) in [5, 5.41) is 12.6. The molecule has 0 radical (unpaired) electrons. The second-order valence-electron chi connectivity index (χ2n) is 2.71. The topological polar surface area (TPSA) is 58.1 Å². The third-order valence-corrected chi connectivity index (χ3v) is 1.86. The summed E-state index contributed by atoms with van der Waals surface area (Å²) in [6.07, 6.45) is 0. The van der Waals surface area contributed by atoms with Crippen LogP contribution >= 0.6 is 0 Å². The minimum atomic E-state index is 0.712. The molecule has 3 heteroatoms. The molecule has 0 saturated heterocycles. The first kappa shape index (κ1) is 6.86. The number of nitrogens with zero attached hydrogens (tertiary/aromatic N) is 2. The Kier molecular flexibility index (Phi) is 1.34. The largest absolute Gasteiger partial charge is 0.257 e. The molecule has 0 atom stereocenters. The van der Waals surface area contributed by atoms with Crippen LogP contribution in [-0.4, -0.2) is 5.84 Å². The van der Waals surface area contributed by atoms with Gasteiger partial charge in [-0.2, -0.15) is 10.4 Å². The van der Waals surface area contributed by atoms with Crippen molar-refractivity contribution in [3.05, 3.63) is 34.9 Å². The summed E-state index contributed by atoms with van der Waals surface area (Å²) in [5.41, 5.74) is 5.45. The summed E-state index contributed by atoms with van der Waals surface area (Å²) in [7, 11) is 0. The highest BCUT2D eigenvalue weighted by molar-refractivity contribution is 6.05. The van der Waals surface area contributed by atoms with Crippen LogP contribution in [0.5, 0.6) is 0 Å². The SMILES string of the molecule is Cc1ccc(C2=NN2)cc1C#N. The molecule has 1 aliphatic rings. The highest BCUT2D eigenvalue weighted by Gasteiger charge is 2.12. The molecule has 1 aromatic carbocycles. The van der Waals surface area contributed by atoms with Crippen LogP contribution in [-0.2, 0) is 0 Å². The molecule has 1 N–H and O–H groups in total. The highest BCUT2D eigenvalue weighted by atomic mass is 15.5. The number of hydrazone groups is 1. The Labute approximate surface area is 70.3 Å². The molecule has 0 bridgehead atoms. The van der Waals surface area contributed by atoms with Crippen LogP contribution in [0.2, 0.25) is 0 Å². The molecule has 0 aliphatic carbocycles. The van der Waals surface area contributed by atoms with Crippen LogP contribution in [0, 0.1) is 18.3 Å². The Bertz CT molecular complexity index is 399. The standard InChI is InChI=1S/C9H7N3/c1-6-2-3-7(9-11-12-9)4-8(6)5-10/h2-4H,1H3,(H,11,12). The van der Waals surface area contributed by atoms with Gasteiger partial charge >= 0.3 is 0 Å². The molecule has 0 fully saturated rings. The minimum absolute atomic E-state index is 0.712. The first-order chi connectivity index (χ1) is 5.81. The van der Waals surface area contributed by atoms with Gasteiger partial charge in [-0.1, -0.05) is 12.1 Å². The van der Waals surface area contributed by atoms with Gasteiger partial charge in [-0.05, 0) is 18.6 Å². The predicted octanol–water partition coefficient (Wildman–Crippen LogP) is 1.13. The first-order valence-electron chi connectivity index (χ1n) is 3.66. The van der Waals surface area contributed by atoms with Crippen molar-refractivity contribution in [2.45, 2.75) is 6.92 Å². The van der Waals surface area contributed by atoms with Crippen molar-refractivity contribution >= 4 is 5.84 Å². The van der Waals surface area contributed by atoms with Crippen molar-refractivity contribution in [3.63, 3.8) is 0 Å². The number of nitrogens with one attached hydrogen (secondary N) is 1. The van der Waals surface area contributed by atoms with Crippen LogP contribution in [0.1, 0.15) is 16.7 Å². The van der Waals surface area contributed by atoms with Crippen molar-refractivity contribution in [1.82, 2.24) is 5.43 Å². The predicted molar refractivity (Wildman–Crippen MR) is 45.6 cm³/mol. The van der Waals surface area contributed by atoms with E-state index in [4.69, 9.17) is 5.26 Å². The van der Waals surface area contributed by atoms with Gasteiger partial charge in [0.1, 0.15) is 0 Å². The van der Waals surface area contributed by atoms with Crippen LogP contribution < -0.4 is 5.43 Å². The summed E-state index contributed by atoms with van der Waals surface area (Å²) in [4.78, 5) is 0. The smallest absolute Gasteiger partial charge is 0.173 e. The number of nitriles is 1. The van der Waals surface area contributed by atoms with Crippen molar-refractivity contribution < 1.29 is 0 Å². The van der Waals surface area contributed by atoms with Gasteiger partial charge in [0.2, 0.25) is 0 Å². The molecule has 0 amide bonds. The quantitative estimate of drug-likeness (QED) is 0.664. The molecule has 0 unspecified atom stereocenters. The van der Waals surface area contributed by atoms with Gasteiger partial charge < -0.3 is 0 Å². The van der Waals surface area contributed by atoms with Crippen molar-refractivity contribution in [3.8, 4) is 6.07 Å². The maximum atomic E-state index is 8.73. The van der Waals surface area contributed by atoms with E-state index >= 15 is 0 Å². The van der Waals surface area contributed by atoms with Crippen LogP contribution in [0.15, 0.2) is 23.3 Å². The summed E-state index contributed by atoms with van der Waals surface area (Å²) in [5.74, 6) is 0.867. The highest BCUT2D eigenvalue weighted by Crippen LogP contribution is 2.12. The van der Waals surface area contributed by atoms with Gasteiger partial charge in [0.05, 0.1) is 11.6 Å². The van der Waals surface area contributed by atoms with Gasteiger partial charge in [-0.25, -0.2) is 0 Å². The van der Waals surface area contributed by atoms with E-state index in [1.54, 1.807) is 0 Å². The fraction of sp³-hybridized carbons (Fsp3) is 0.111. The number of benzene rings is 1. The molecule has 0 spiro atoms. The molecule has 1 heterocycles. The summed E-state index contributed by atoms with van der Waals surface area (Å²) < 4.78 is 0. The lowest BCUT2D eigenvalue weighted by Gasteiger charge is -1.96. The second-order valence-corrected chi connectivity index (χ2v) is 2.71. The second kappa shape index (κ2) is 2.35. The molecule has 2 rings (SSSR count). The van der Waals surface area contributed by atoms with Gasteiger partial charge in [0, 0.05) is 5.56 Å². The molecule has 0 aromatic heterocycles. The molecule has 0 saturated carbocycles. The van der Waals surface area contributed by atoms with Gasteiger partial charge in [0.15, 0.2) is 5.84 Å². The number of aryl methyl sites for hydroxylation is 1. The zero-order valence-electron chi connectivity index (χ0n) is 6.63. The Balaban J connectivity index is 2.49. The lowest BCUT2D eigenvalue weighted by molar-refractivity contribution is 1.26. The fourth-order valence-electron chi connectivity index (χ4n) is 1.05. The average molecular weight is 157 g/mol. The number of hydrogen-bond donors (Lipinski definition) is 1. The zero-order chi connectivity index (χ0) is 8.55. The Hall–Kier alpha value is -1.82. The van der Waals surface area contributed by atoms with E-state index in [2.05, 4.69) is 16.6 Å². The Morgan fingerprint density at radius 2 is 2.25 bits per heavy atom. The zero-order valence-corrected chi connectivity index (χ0v) is 6.63. The fourth-order valence-corrected chi connectivity index (χ4v) is 1.05. The lowest BCUT2D eigenvalue weighted by atomic mass is 10.1. The van der Waals surface area contributed by atoms with E-state index in [1.165, 1.54) is 0 Å².